The molecule has 0 radical (unpaired) electrons. The number of anilines is 2. The topological polar surface area (TPSA) is 97.0 Å². The van der Waals surface area contributed by atoms with Crippen molar-refractivity contribution in [3.63, 3.8) is 0 Å². The molecular weight excluding hydrogens is 304 g/mol. The lowest BCUT2D eigenvalue weighted by atomic mass is 9.93. The van der Waals surface area contributed by atoms with Crippen molar-refractivity contribution in [2.75, 3.05) is 25.0 Å². The van der Waals surface area contributed by atoms with Crippen LogP contribution in [0.3, 0.4) is 0 Å². The molecule has 1 saturated heterocycles. The average Bonchev–Trinajstić information content (AvgIpc) is 2.56. The highest BCUT2D eigenvalue weighted by Crippen LogP contribution is 2.21. The Bertz CT molecular complexity index is 678. The number of pyridine rings is 1. The lowest BCUT2D eigenvalue weighted by molar-refractivity contribution is -0.119. The first-order chi connectivity index (χ1) is 11.7. The molecule has 0 bridgehead atoms. The van der Waals surface area contributed by atoms with Crippen molar-refractivity contribution in [3.8, 4) is 0 Å². The van der Waals surface area contributed by atoms with Crippen LogP contribution in [0.15, 0.2) is 36.8 Å². The average molecular weight is 326 g/mol. The number of rotatable bonds is 6. The minimum absolute atomic E-state index is 0.264. The van der Waals surface area contributed by atoms with Gasteiger partial charge in [0.2, 0.25) is 5.91 Å². The summed E-state index contributed by atoms with van der Waals surface area (Å²) >= 11 is 0. The third-order valence-corrected chi connectivity index (χ3v) is 4.13. The Morgan fingerprint density at radius 1 is 1.29 bits per heavy atom. The van der Waals surface area contributed by atoms with E-state index in [9.17, 15) is 4.79 Å². The molecule has 0 saturated carbocycles. The molecule has 1 aliphatic rings. The fourth-order valence-electron chi connectivity index (χ4n) is 3.12. The normalized spacial score (nSPS) is 18.2. The number of amides is 1. The third kappa shape index (κ3) is 4.73. The Hall–Kier alpha value is -2.54. The fourth-order valence-corrected chi connectivity index (χ4v) is 3.12. The van der Waals surface area contributed by atoms with Gasteiger partial charge in [-0.05, 0) is 43.9 Å². The van der Waals surface area contributed by atoms with Crippen molar-refractivity contribution in [3.05, 3.63) is 42.5 Å². The smallest absolute Gasteiger partial charge is 0.231 e. The van der Waals surface area contributed by atoms with Crippen molar-refractivity contribution in [1.82, 2.24) is 19.9 Å². The standard InChI is InChI=1S/C17H22N6O/c18-15(24)11-23-7-3-4-13(10-23)8-14-9-17(21-12-20-14)22-16-5-1-2-6-19-16/h1-2,5-6,9,12-13H,3-4,7-8,10-11H2,(H2,18,24)(H,19,20,21,22)/t13-/m0/s1. The van der Waals surface area contributed by atoms with Gasteiger partial charge in [-0.1, -0.05) is 6.07 Å². The minimum atomic E-state index is -0.264. The van der Waals surface area contributed by atoms with E-state index in [0.717, 1.165) is 49.7 Å². The van der Waals surface area contributed by atoms with Crippen molar-refractivity contribution >= 4 is 17.5 Å². The summed E-state index contributed by atoms with van der Waals surface area (Å²) in [5, 5.41) is 3.18. The first-order valence-corrected chi connectivity index (χ1v) is 8.18. The molecule has 2 aromatic heterocycles. The zero-order valence-corrected chi connectivity index (χ0v) is 13.6. The summed E-state index contributed by atoms with van der Waals surface area (Å²) in [7, 11) is 0. The number of primary amides is 1. The van der Waals surface area contributed by atoms with E-state index in [1.807, 2.05) is 24.3 Å². The van der Waals surface area contributed by atoms with E-state index < -0.39 is 0 Å². The zero-order chi connectivity index (χ0) is 16.8. The molecule has 2 aromatic rings. The van der Waals surface area contributed by atoms with E-state index in [2.05, 4.69) is 25.2 Å². The van der Waals surface area contributed by atoms with Crippen molar-refractivity contribution in [2.45, 2.75) is 19.3 Å². The molecule has 3 heterocycles. The molecular formula is C17H22N6O. The SMILES string of the molecule is NC(=O)CN1CCC[C@@H](Cc2cc(Nc3ccccn3)ncn2)C1. The van der Waals surface area contributed by atoms with E-state index >= 15 is 0 Å². The fraction of sp³-hybridized carbons (Fsp3) is 0.412. The van der Waals surface area contributed by atoms with Gasteiger partial charge in [0.1, 0.15) is 18.0 Å². The van der Waals surface area contributed by atoms with Crippen molar-refractivity contribution < 1.29 is 4.79 Å². The number of nitrogens with zero attached hydrogens (tertiary/aromatic N) is 4. The maximum atomic E-state index is 11.1. The molecule has 3 N–H and O–H groups in total. The maximum absolute atomic E-state index is 11.1. The van der Waals surface area contributed by atoms with Crippen LogP contribution in [0, 0.1) is 5.92 Å². The van der Waals surface area contributed by atoms with E-state index in [1.54, 1.807) is 12.5 Å². The summed E-state index contributed by atoms with van der Waals surface area (Å²) < 4.78 is 0. The van der Waals surface area contributed by atoms with Crippen LogP contribution in [0.1, 0.15) is 18.5 Å². The van der Waals surface area contributed by atoms with Crippen molar-refractivity contribution in [2.24, 2.45) is 11.7 Å². The largest absolute Gasteiger partial charge is 0.369 e. The summed E-state index contributed by atoms with van der Waals surface area (Å²) in [6, 6.07) is 7.65. The second kappa shape index (κ2) is 7.83. The summed E-state index contributed by atoms with van der Waals surface area (Å²) in [4.78, 5) is 26.1. The van der Waals surface area contributed by atoms with Gasteiger partial charge >= 0.3 is 0 Å². The first kappa shape index (κ1) is 16.3. The highest BCUT2D eigenvalue weighted by Gasteiger charge is 2.21. The number of nitrogens with two attached hydrogens (primary N) is 1. The molecule has 7 heteroatoms. The Kier molecular flexibility index (Phi) is 5.32. The first-order valence-electron chi connectivity index (χ1n) is 8.18. The van der Waals surface area contributed by atoms with Crippen molar-refractivity contribution in [1.29, 1.82) is 0 Å². The lowest BCUT2D eigenvalue weighted by Gasteiger charge is -2.31. The number of likely N-dealkylation sites (tertiary alicyclic amines) is 1. The summed E-state index contributed by atoms with van der Waals surface area (Å²) in [5.41, 5.74) is 6.29. The quantitative estimate of drug-likeness (QED) is 0.832. The molecule has 24 heavy (non-hydrogen) atoms. The minimum Gasteiger partial charge on any atom is -0.369 e. The van der Waals surface area contributed by atoms with Gasteiger partial charge in [-0.25, -0.2) is 15.0 Å². The molecule has 126 valence electrons. The van der Waals surface area contributed by atoms with Gasteiger partial charge in [-0.2, -0.15) is 0 Å². The predicted octanol–water partition coefficient (Wildman–Crippen LogP) is 1.35. The molecule has 7 nitrogen and oxygen atoms in total. The van der Waals surface area contributed by atoms with Gasteiger partial charge in [0.05, 0.1) is 6.54 Å². The molecule has 0 spiro atoms. The monoisotopic (exact) mass is 326 g/mol. The van der Waals surface area contributed by atoms with Gasteiger partial charge in [-0.3, -0.25) is 9.69 Å². The zero-order valence-electron chi connectivity index (χ0n) is 13.6. The number of aromatic nitrogens is 3. The van der Waals surface area contributed by atoms with E-state index in [-0.39, 0.29) is 5.91 Å². The van der Waals surface area contributed by atoms with E-state index in [1.165, 1.54) is 0 Å². The molecule has 1 atom stereocenters. The second-order valence-electron chi connectivity index (χ2n) is 6.15. The van der Waals surface area contributed by atoms with E-state index in [0.29, 0.717) is 12.5 Å². The predicted molar refractivity (Wildman–Crippen MR) is 91.6 cm³/mol. The van der Waals surface area contributed by atoms with Gasteiger partial charge in [-0.15, -0.1) is 0 Å². The van der Waals surface area contributed by atoms with Gasteiger partial charge in [0, 0.05) is 24.5 Å². The number of piperidine rings is 1. The molecule has 3 rings (SSSR count). The summed E-state index contributed by atoms with van der Waals surface area (Å²) in [6.07, 6.45) is 6.41. The number of carbonyl (C=O) groups is 1. The molecule has 0 aliphatic carbocycles. The van der Waals surface area contributed by atoms with Crippen LogP contribution >= 0.6 is 0 Å². The number of carbonyl (C=O) groups excluding carboxylic acids is 1. The van der Waals surface area contributed by atoms with Crippen LogP contribution in [0.4, 0.5) is 11.6 Å². The molecule has 0 unspecified atom stereocenters. The Labute approximate surface area is 141 Å². The highest BCUT2D eigenvalue weighted by molar-refractivity contribution is 5.75. The van der Waals surface area contributed by atoms with Crippen LogP contribution in [0.25, 0.3) is 0 Å². The Morgan fingerprint density at radius 2 is 2.21 bits per heavy atom. The van der Waals surface area contributed by atoms with Crippen LogP contribution in [0.5, 0.6) is 0 Å². The number of hydrogen-bond acceptors (Lipinski definition) is 6. The lowest BCUT2D eigenvalue weighted by Crippen LogP contribution is -2.41. The maximum Gasteiger partial charge on any atom is 0.231 e. The van der Waals surface area contributed by atoms with Crippen LogP contribution in [-0.2, 0) is 11.2 Å². The third-order valence-electron chi connectivity index (χ3n) is 4.13. The van der Waals surface area contributed by atoms with E-state index in [4.69, 9.17) is 5.73 Å². The second-order valence-corrected chi connectivity index (χ2v) is 6.15. The molecule has 0 aromatic carbocycles. The molecule has 1 amide bonds. The van der Waals surface area contributed by atoms with Crippen LogP contribution < -0.4 is 11.1 Å². The van der Waals surface area contributed by atoms with Gasteiger partial charge in [0.25, 0.3) is 0 Å². The van der Waals surface area contributed by atoms with Gasteiger partial charge < -0.3 is 11.1 Å². The molecule has 1 fully saturated rings. The van der Waals surface area contributed by atoms with Crippen LogP contribution in [0.2, 0.25) is 0 Å². The van der Waals surface area contributed by atoms with Gasteiger partial charge in [0.15, 0.2) is 0 Å². The number of hydrogen-bond donors (Lipinski definition) is 2. The highest BCUT2D eigenvalue weighted by atomic mass is 16.1. The summed E-state index contributed by atoms with van der Waals surface area (Å²) in [5.74, 6) is 1.71. The molecule has 1 aliphatic heterocycles. The Morgan fingerprint density at radius 3 is 3.00 bits per heavy atom. The Balaban J connectivity index is 1.61. The summed E-state index contributed by atoms with van der Waals surface area (Å²) in [6.45, 7) is 2.17. The van der Waals surface area contributed by atoms with Crippen LogP contribution in [-0.4, -0.2) is 45.4 Å². The number of nitrogens with one attached hydrogen (secondary N) is 1.